The SMILES string of the molecule is O=C(CSc1nnc(C2CC2)n1Cc1ccccc1)Nc1ccc(I)cc1. The molecule has 138 valence electrons. The van der Waals surface area contributed by atoms with Crippen LogP contribution in [-0.2, 0) is 11.3 Å². The van der Waals surface area contributed by atoms with Crippen LogP contribution in [0.5, 0.6) is 0 Å². The third-order valence-electron chi connectivity index (χ3n) is 4.33. The summed E-state index contributed by atoms with van der Waals surface area (Å²) < 4.78 is 3.30. The molecule has 0 unspecified atom stereocenters. The highest BCUT2D eigenvalue weighted by Crippen LogP contribution is 2.40. The molecule has 1 aliphatic carbocycles. The minimum absolute atomic E-state index is 0.0385. The van der Waals surface area contributed by atoms with E-state index in [-0.39, 0.29) is 5.91 Å². The van der Waals surface area contributed by atoms with Gasteiger partial charge in [0, 0.05) is 15.2 Å². The fraction of sp³-hybridized carbons (Fsp3) is 0.250. The Morgan fingerprint density at radius 3 is 2.56 bits per heavy atom. The van der Waals surface area contributed by atoms with Gasteiger partial charge in [0.15, 0.2) is 5.16 Å². The fourth-order valence-corrected chi connectivity index (χ4v) is 3.93. The van der Waals surface area contributed by atoms with Crippen molar-refractivity contribution < 1.29 is 4.79 Å². The summed E-state index contributed by atoms with van der Waals surface area (Å²) in [6, 6.07) is 18.1. The molecule has 7 heteroatoms. The lowest BCUT2D eigenvalue weighted by Gasteiger charge is -2.10. The lowest BCUT2D eigenvalue weighted by atomic mass is 10.2. The van der Waals surface area contributed by atoms with Crippen molar-refractivity contribution in [3.8, 4) is 0 Å². The number of aromatic nitrogens is 3. The molecule has 0 radical (unpaired) electrons. The number of halogens is 1. The molecule has 3 aromatic rings. The van der Waals surface area contributed by atoms with Crippen LogP contribution in [0.4, 0.5) is 5.69 Å². The molecule has 4 rings (SSSR count). The third kappa shape index (κ3) is 4.90. The Balaban J connectivity index is 1.43. The van der Waals surface area contributed by atoms with Crippen molar-refractivity contribution in [3.63, 3.8) is 0 Å². The van der Waals surface area contributed by atoms with Gasteiger partial charge in [0.05, 0.1) is 12.3 Å². The van der Waals surface area contributed by atoms with Crippen LogP contribution in [0.25, 0.3) is 0 Å². The number of rotatable bonds is 7. The first kappa shape index (κ1) is 18.5. The van der Waals surface area contributed by atoms with Crippen molar-refractivity contribution in [2.75, 3.05) is 11.1 Å². The Morgan fingerprint density at radius 1 is 1.11 bits per heavy atom. The van der Waals surface area contributed by atoms with E-state index in [0.29, 0.717) is 11.7 Å². The molecule has 0 aliphatic heterocycles. The zero-order valence-corrected chi connectivity index (χ0v) is 17.6. The minimum Gasteiger partial charge on any atom is -0.325 e. The molecule has 1 saturated carbocycles. The maximum absolute atomic E-state index is 12.3. The fourth-order valence-electron chi connectivity index (χ4n) is 2.83. The normalized spacial score (nSPS) is 13.5. The molecule has 1 fully saturated rings. The summed E-state index contributed by atoms with van der Waals surface area (Å²) in [5, 5.41) is 12.5. The van der Waals surface area contributed by atoms with Gasteiger partial charge in [-0.2, -0.15) is 0 Å². The van der Waals surface area contributed by atoms with Gasteiger partial charge in [0.25, 0.3) is 0 Å². The zero-order valence-electron chi connectivity index (χ0n) is 14.6. The predicted molar refractivity (Wildman–Crippen MR) is 116 cm³/mol. The van der Waals surface area contributed by atoms with Crippen molar-refractivity contribution in [2.24, 2.45) is 0 Å². The van der Waals surface area contributed by atoms with E-state index in [1.54, 1.807) is 0 Å². The number of anilines is 1. The molecule has 2 aromatic carbocycles. The molecule has 1 aromatic heterocycles. The second kappa shape index (κ2) is 8.43. The maximum Gasteiger partial charge on any atom is 0.234 e. The minimum atomic E-state index is -0.0385. The van der Waals surface area contributed by atoms with Gasteiger partial charge in [0.2, 0.25) is 5.91 Å². The van der Waals surface area contributed by atoms with Gasteiger partial charge in [-0.05, 0) is 65.3 Å². The van der Waals surface area contributed by atoms with Crippen molar-refractivity contribution in [3.05, 3.63) is 69.6 Å². The van der Waals surface area contributed by atoms with Gasteiger partial charge in [-0.3, -0.25) is 4.79 Å². The van der Waals surface area contributed by atoms with E-state index in [1.807, 2.05) is 42.5 Å². The average molecular weight is 490 g/mol. The number of carbonyl (C=O) groups is 1. The molecule has 1 aliphatic rings. The van der Waals surface area contributed by atoms with Crippen LogP contribution in [0.1, 0.15) is 30.1 Å². The molecule has 0 spiro atoms. The molecule has 0 saturated heterocycles. The van der Waals surface area contributed by atoms with Crippen LogP contribution in [-0.4, -0.2) is 26.4 Å². The van der Waals surface area contributed by atoms with E-state index in [9.17, 15) is 4.79 Å². The molecule has 0 bridgehead atoms. The topological polar surface area (TPSA) is 59.8 Å². The first-order valence-corrected chi connectivity index (χ1v) is 10.9. The molecule has 5 nitrogen and oxygen atoms in total. The highest BCUT2D eigenvalue weighted by atomic mass is 127. The quantitative estimate of drug-likeness (QED) is 0.391. The summed E-state index contributed by atoms with van der Waals surface area (Å²) in [4.78, 5) is 12.3. The third-order valence-corrected chi connectivity index (χ3v) is 6.02. The highest BCUT2D eigenvalue weighted by molar-refractivity contribution is 14.1. The number of benzene rings is 2. The van der Waals surface area contributed by atoms with Crippen molar-refractivity contribution in [2.45, 2.75) is 30.5 Å². The van der Waals surface area contributed by atoms with Gasteiger partial charge >= 0.3 is 0 Å². The van der Waals surface area contributed by atoms with Gasteiger partial charge in [-0.25, -0.2) is 0 Å². The Kier molecular flexibility index (Phi) is 5.77. The van der Waals surface area contributed by atoms with Crippen LogP contribution in [0.3, 0.4) is 0 Å². The van der Waals surface area contributed by atoms with Gasteiger partial charge in [-0.1, -0.05) is 42.1 Å². The number of hydrogen-bond donors (Lipinski definition) is 1. The number of thioether (sulfide) groups is 1. The van der Waals surface area contributed by atoms with Crippen LogP contribution in [0.15, 0.2) is 59.8 Å². The van der Waals surface area contributed by atoms with E-state index < -0.39 is 0 Å². The molecular weight excluding hydrogens is 471 g/mol. The summed E-state index contributed by atoms with van der Waals surface area (Å²) in [5.41, 5.74) is 2.02. The number of hydrogen-bond acceptors (Lipinski definition) is 4. The van der Waals surface area contributed by atoms with Crippen molar-refractivity contribution in [1.29, 1.82) is 0 Å². The largest absolute Gasteiger partial charge is 0.325 e. The molecular formula is C20H19IN4OS. The number of amides is 1. The monoisotopic (exact) mass is 490 g/mol. The molecule has 1 amide bonds. The van der Waals surface area contributed by atoms with Crippen LogP contribution < -0.4 is 5.32 Å². The van der Waals surface area contributed by atoms with Crippen LogP contribution in [0, 0.1) is 3.57 Å². The smallest absolute Gasteiger partial charge is 0.234 e. The summed E-state index contributed by atoms with van der Waals surface area (Å²) >= 11 is 3.68. The lowest BCUT2D eigenvalue weighted by Crippen LogP contribution is -2.15. The summed E-state index contributed by atoms with van der Waals surface area (Å²) in [7, 11) is 0. The highest BCUT2D eigenvalue weighted by Gasteiger charge is 2.30. The van der Waals surface area contributed by atoms with Gasteiger partial charge in [0.1, 0.15) is 5.82 Å². The molecule has 1 N–H and O–H groups in total. The standard InChI is InChI=1S/C20H19IN4OS/c21-16-8-10-17(11-9-16)22-18(26)13-27-20-24-23-19(15-6-7-15)25(20)12-14-4-2-1-3-5-14/h1-5,8-11,15H,6-7,12-13H2,(H,22,26). The maximum atomic E-state index is 12.3. The number of nitrogens with zero attached hydrogens (tertiary/aromatic N) is 3. The molecule has 1 heterocycles. The van der Waals surface area contributed by atoms with Crippen molar-refractivity contribution in [1.82, 2.24) is 14.8 Å². The molecule has 0 atom stereocenters. The number of nitrogens with one attached hydrogen (secondary N) is 1. The summed E-state index contributed by atoms with van der Waals surface area (Å²) in [5.74, 6) is 1.82. The first-order chi connectivity index (χ1) is 13.2. The van der Waals surface area contributed by atoms with E-state index in [2.05, 4.69) is 54.8 Å². The van der Waals surface area contributed by atoms with E-state index in [1.165, 1.54) is 30.2 Å². The second-order valence-electron chi connectivity index (χ2n) is 6.53. The predicted octanol–water partition coefficient (Wildman–Crippen LogP) is 4.54. The van der Waals surface area contributed by atoms with Crippen LogP contribution >= 0.6 is 34.4 Å². The van der Waals surface area contributed by atoms with Gasteiger partial charge < -0.3 is 9.88 Å². The average Bonchev–Trinajstić information content (AvgIpc) is 3.45. The Bertz CT molecular complexity index is 923. The summed E-state index contributed by atoms with van der Waals surface area (Å²) in [6.07, 6.45) is 2.34. The lowest BCUT2D eigenvalue weighted by molar-refractivity contribution is -0.113. The number of carbonyl (C=O) groups excluding carboxylic acids is 1. The van der Waals surface area contributed by atoms with E-state index in [4.69, 9.17) is 0 Å². The Hall–Kier alpha value is -1.87. The Morgan fingerprint density at radius 2 is 1.85 bits per heavy atom. The Labute approximate surface area is 176 Å². The van der Waals surface area contributed by atoms with Crippen molar-refractivity contribution >= 4 is 45.9 Å². The second-order valence-corrected chi connectivity index (χ2v) is 8.72. The zero-order chi connectivity index (χ0) is 18.6. The van der Waals surface area contributed by atoms with E-state index >= 15 is 0 Å². The first-order valence-electron chi connectivity index (χ1n) is 8.84. The van der Waals surface area contributed by atoms with Gasteiger partial charge in [-0.15, -0.1) is 10.2 Å². The summed E-state index contributed by atoms with van der Waals surface area (Å²) in [6.45, 7) is 0.737. The van der Waals surface area contributed by atoms with Crippen LogP contribution in [0.2, 0.25) is 0 Å². The van der Waals surface area contributed by atoms with E-state index in [0.717, 1.165) is 26.8 Å². The molecule has 27 heavy (non-hydrogen) atoms.